The molecular formula is C19H15ClFNO. The van der Waals surface area contributed by atoms with Crippen LogP contribution in [-0.2, 0) is 6.54 Å². The average molecular weight is 328 g/mol. The second kappa shape index (κ2) is 7.16. The minimum absolute atomic E-state index is 0.255. The molecule has 0 atom stereocenters. The van der Waals surface area contributed by atoms with E-state index in [4.69, 9.17) is 16.3 Å². The Labute approximate surface area is 139 Å². The fourth-order valence-corrected chi connectivity index (χ4v) is 2.29. The summed E-state index contributed by atoms with van der Waals surface area (Å²) in [5, 5.41) is 3.86. The third kappa shape index (κ3) is 4.47. The standard InChI is InChI=1S/C19H15ClFNO/c20-15-7-9-18(10-8-15)23-19-6-1-3-14(11-19)13-22-17-5-2-4-16(21)12-17/h1-12,22H,13H2. The van der Waals surface area contributed by atoms with Crippen molar-refractivity contribution in [2.24, 2.45) is 0 Å². The van der Waals surface area contributed by atoms with Gasteiger partial charge < -0.3 is 10.1 Å². The molecule has 0 aliphatic carbocycles. The van der Waals surface area contributed by atoms with Crippen LogP contribution in [0.3, 0.4) is 0 Å². The Morgan fingerprint density at radius 1 is 0.870 bits per heavy atom. The van der Waals surface area contributed by atoms with Crippen LogP contribution in [0.5, 0.6) is 11.5 Å². The van der Waals surface area contributed by atoms with E-state index in [1.54, 1.807) is 18.2 Å². The zero-order chi connectivity index (χ0) is 16.1. The number of hydrogen-bond acceptors (Lipinski definition) is 2. The van der Waals surface area contributed by atoms with Gasteiger partial charge in [0.1, 0.15) is 17.3 Å². The van der Waals surface area contributed by atoms with Crippen molar-refractivity contribution in [2.75, 3.05) is 5.32 Å². The molecule has 0 bridgehead atoms. The summed E-state index contributed by atoms with van der Waals surface area (Å²) in [5.41, 5.74) is 1.79. The number of nitrogens with one attached hydrogen (secondary N) is 1. The summed E-state index contributed by atoms with van der Waals surface area (Å²) in [5.74, 6) is 1.21. The molecule has 0 aromatic heterocycles. The number of anilines is 1. The van der Waals surface area contributed by atoms with E-state index in [-0.39, 0.29) is 5.82 Å². The van der Waals surface area contributed by atoms with E-state index in [1.165, 1.54) is 12.1 Å². The predicted molar refractivity (Wildman–Crippen MR) is 91.7 cm³/mol. The van der Waals surface area contributed by atoms with Crippen LogP contribution in [0.4, 0.5) is 10.1 Å². The molecule has 0 saturated carbocycles. The molecule has 3 aromatic carbocycles. The van der Waals surface area contributed by atoms with Crippen molar-refractivity contribution in [3.05, 3.63) is 89.2 Å². The number of rotatable bonds is 5. The van der Waals surface area contributed by atoms with Crippen molar-refractivity contribution < 1.29 is 9.13 Å². The van der Waals surface area contributed by atoms with Crippen LogP contribution in [0.25, 0.3) is 0 Å². The smallest absolute Gasteiger partial charge is 0.127 e. The summed E-state index contributed by atoms with van der Waals surface area (Å²) in [4.78, 5) is 0. The van der Waals surface area contributed by atoms with Crippen molar-refractivity contribution in [3.8, 4) is 11.5 Å². The molecule has 3 rings (SSSR count). The summed E-state index contributed by atoms with van der Waals surface area (Å²) in [6.07, 6.45) is 0. The van der Waals surface area contributed by atoms with Crippen LogP contribution in [0.15, 0.2) is 72.8 Å². The highest BCUT2D eigenvalue weighted by molar-refractivity contribution is 6.30. The van der Waals surface area contributed by atoms with Crippen molar-refractivity contribution >= 4 is 17.3 Å². The molecule has 0 aliphatic heterocycles. The van der Waals surface area contributed by atoms with Gasteiger partial charge in [-0.3, -0.25) is 0 Å². The molecule has 0 amide bonds. The summed E-state index contributed by atoms with van der Waals surface area (Å²) in [7, 11) is 0. The largest absolute Gasteiger partial charge is 0.457 e. The molecule has 1 N–H and O–H groups in total. The Morgan fingerprint density at radius 2 is 1.65 bits per heavy atom. The first kappa shape index (κ1) is 15.4. The van der Waals surface area contributed by atoms with Crippen LogP contribution in [0.1, 0.15) is 5.56 Å². The molecule has 0 saturated heterocycles. The maximum absolute atomic E-state index is 13.2. The van der Waals surface area contributed by atoms with Gasteiger partial charge in [0.25, 0.3) is 0 Å². The molecule has 0 spiro atoms. The SMILES string of the molecule is Fc1cccc(NCc2cccc(Oc3ccc(Cl)cc3)c2)c1. The monoisotopic (exact) mass is 327 g/mol. The molecule has 0 unspecified atom stereocenters. The van der Waals surface area contributed by atoms with Gasteiger partial charge in [-0.15, -0.1) is 0 Å². The summed E-state index contributed by atoms with van der Waals surface area (Å²) >= 11 is 5.86. The zero-order valence-electron chi connectivity index (χ0n) is 12.3. The lowest BCUT2D eigenvalue weighted by molar-refractivity contribution is 0.482. The van der Waals surface area contributed by atoms with Gasteiger partial charge in [-0.2, -0.15) is 0 Å². The van der Waals surface area contributed by atoms with Gasteiger partial charge in [0.15, 0.2) is 0 Å². The fraction of sp³-hybridized carbons (Fsp3) is 0.0526. The van der Waals surface area contributed by atoms with E-state index in [1.807, 2.05) is 42.5 Å². The quantitative estimate of drug-likeness (QED) is 0.631. The van der Waals surface area contributed by atoms with Gasteiger partial charge in [-0.1, -0.05) is 29.8 Å². The fourth-order valence-electron chi connectivity index (χ4n) is 2.16. The van der Waals surface area contributed by atoms with Crippen molar-refractivity contribution in [1.29, 1.82) is 0 Å². The predicted octanol–water partition coefficient (Wildman–Crippen LogP) is 5.88. The number of hydrogen-bond donors (Lipinski definition) is 1. The number of benzene rings is 3. The van der Waals surface area contributed by atoms with Gasteiger partial charge in [0, 0.05) is 17.3 Å². The Hall–Kier alpha value is -2.52. The normalized spacial score (nSPS) is 10.3. The van der Waals surface area contributed by atoms with E-state index in [0.717, 1.165) is 22.7 Å². The van der Waals surface area contributed by atoms with Crippen LogP contribution < -0.4 is 10.1 Å². The van der Waals surface area contributed by atoms with Crippen molar-refractivity contribution in [3.63, 3.8) is 0 Å². The molecule has 0 fully saturated rings. The first-order valence-electron chi connectivity index (χ1n) is 7.21. The van der Waals surface area contributed by atoms with E-state index in [9.17, 15) is 4.39 Å². The summed E-state index contributed by atoms with van der Waals surface area (Å²) in [6.45, 7) is 0.585. The van der Waals surface area contributed by atoms with Gasteiger partial charge in [0.2, 0.25) is 0 Å². The van der Waals surface area contributed by atoms with Crippen LogP contribution in [-0.4, -0.2) is 0 Å². The van der Waals surface area contributed by atoms with Gasteiger partial charge in [-0.05, 0) is 60.2 Å². The highest BCUT2D eigenvalue weighted by atomic mass is 35.5. The Kier molecular flexibility index (Phi) is 4.79. The zero-order valence-corrected chi connectivity index (χ0v) is 13.1. The Morgan fingerprint density at radius 3 is 2.43 bits per heavy atom. The lowest BCUT2D eigenvalue weighted by atomic mass is 10.2. The third-order valence-electron chi connectivity index (χ3n) is 3.27. The lowest BCUT2D eigenvalue weighted by Gasteiger charge is -2.09. The second-order valence-corrected chi connectivity index (χ2v) is 5.50. The van der Waals surface area contributed by atoms with Crippen LogP contribution >= 0.6 is 11.6 Å². The molecule has 3 aromatic rings. The topological polar surface area (TPSA) is 21.3 Å². The van der Waals surface area contributed by atoms with Crippen LogP contribution in [0.2, 0.25) is 5.02 Å². The first-order valence-corrected chi connectivity index (χ1v) is 7.59. The first-order chi connectivity index (χ1) is 11.2. The maximum Gasteiger partial charge on any atom is 0.127 e. The average Bonchev–Trinajstić information content (AvgIpc) is 2.56. The van der Waals surface area contributed by atoms with Crippen molar-refractivity contribution in [1.82, 2.24) is 0 Å². The van der Waals surface area contributed by atoms with Crippen LogP contribution in [0, 0.1) is 5.82 Å². The molecule has 0 radical (unpaired) electrons. The second-order valence-electron chi connectivity index (χ2n) is 5.07. The van der Waals surface area contributed by atoms with Gasteiger partial charge >= 0.3 is 0 Å². The molecular weight excluding hydrogens is 313 g/mol. The van der Waals surface area contributed by atoms with Crippen molar-refractivity contribution in [2.45, 2.75) is 6.54 Å². The van der Waals surface area contributed by atoms with E-state index >= 15 is 0 Å². The molecule has 0 heterocycles. The molecule has 0 aliphatic rings. The Balaban J connectivity index is 1.66. The Bertz CT molecular complexity index is 789. The highest BCUT2D eigenvalue weighted by Crippen LogP contribution is 2.24. The summed E-state index contributed by atoms with van der Waals surface area (Å²) in [6, 6.07) is 21.4. The van der Waals surface area contributed by atoms with E-state index in [0.29, 0.717) is 11.6 Å². The number of halogens is 2. The minimum Gasteiger partial charge on any atom is -0.457 e. The maximum atomic E-state index is 13.2. The molecule has 4 heteroatoms. The van der Waals surface area contributed by atoms with E-state index < -0.39 is 0 Å². The minimum atomic E-state index is -0.255. The molecule has 2 nitrogen and oxygen atoms in total. The lowest BCUT2D eigenvalue weighted by Crippen LogP contribution is -1.99. The number of ether oxygens (including phenoxy) is 1. The van der Waals surface area contributed by atoms with E-state index in [2.05, 4.69) is 5.32 Å². The summed E-state index contributed by atoms with van der Waals surface area (Å²) < 4.78 is 19.0. The third-order valence-corrected chi connectivity index (χ3v) is 3.52. The van der Waals surface area contributed by atoms with Gasteiger partial charge in [-0.25, -0.2) is 4.39 Å². The van der Waals surface area contributed by atoms with Gasteiger partial charge in [0.05, 0.1) is 0 Å². The molecule has 23 heavy (non-hydrogen) atoms. The molecule has 116 valence electrons. The highest BCUT2D eigenvalue weighted by Gasteiger charge is 2.01.